The van der Waals surface area contributed by atoms with Crippen LogP contribution in [0, 0.1) is 0 Å². The van der Waals surface area contributed by atoms with Gasteiger partial charge in [-0.3, -0.25) is 0 Å². The highest BCUT2D eigenvalue weighted by Crippen LogP contribution is 2.50. The summed E-state index contributed by atoms with van der Waals surface area (Å²) in [5.41, 5.74) is -14.1. The Hall–Kier alpha value is -2.02. The number of carbonyl (C=O) groups excluding carboxylic acids is 2. The smallest absolute Gasteiger partial charge is 0.357 e. The van der Waals surface area contributed by atoms with Gasteiger partial charge in [-0.05, 0) is 0 Å². The predicted molar refractivity (Wildman–Crippen MR) is 167 cm³/mol. The highest BCUT2D eigenvalue weighted by molar-refractivity contribution is 5.95. The monoisotopic (exact) mass is 856 g/mol. The molecule has 0 saturated carbocycles. The number of rotatable bonds is 12. The first-order valence-electron chi connectivity index (χ1n) is 17.5. The molecule has 5 heterocycles. The van der Waals surface area contributed by atoms with Crippen LogP contribution in [0.2, 0.25) is 0 Å². The topological polar surface area (TPSA) is 472 Å². The predicted octanol–water partition coefficient (Wildman–Crippen LogP) is -13.5. The fourth-order valence-electron chi connectivity index (χ4n) is 7.67. The largest absolute Gasteiger partial charge is 0.438 e. The van der Waals surface area contributed by atoms with E-state index in [0.29, 0.717) is 0 Å². The molecule has 5 aliphatic heterocycles. The Labute approximate surface area is 324 Å². The van der Waals surface area contributed by atoms with Gasteiger partial charge in [0, 0.05) is 0 Å². The maximum Gasteiger partial charge on any atom is 0.357 e. The first-order chi connectivity index (χ1) is 27.2. The molecule has 0 aromatic carbocycles. The van der Waals surface area contributed by atoms with Crippen LogP contribution >= 0.6 is 0 Å². The number of ether oxygens (including phenoxy) is 8. The number of esters is 2. The van der Waals surface area contributed by atoms with E-state index in [1.807, 2.05) is 0 Å². The molecule has 0 amide bonds. The molecule has 0 spiro atoms. The first kappa shape index (κ1) is 47.0. The zero-order chi connectivity index (χ0) is 43.4. The molecule has 5 saturated heterocycles. The van der Waals surface area contributed by atoms with Crippen LogP contribution in [0.5, 0.6) is 0 Å². The normalized spacial score (nSPS) is 52.9. The maximum atomic E-state index is 14.2. The van der Waals surface area contributed by atoms with Crippen LogP contribution in [0.1, 0.15) is 0 Å². The second kappa shape index (κ2) is 17.4. The summed E-state index contributed by atoms with van der Waals surface area (Å²) in [5.74, 6) is -4.33. The molecule has 18 N–H and O–H groups in total. The van der Waals surface area contributed by atoms with E-state index in [0.717, 1.165) is 0 Å². The van der Waals surface area contributed by atoms with Crippen molar-refractivity contribution in [2.45, 2.75) is 133 Å². The van der Waals surface area contributed by atoms with E-state index >= 15 is 0 Å². The van der Waals surface area contributed by atoms with Gasteiger partial charge in [-0.1, -0.05) is 0 Å². The van der Waals surface area contributed by atoms with E-state index in [1.54, 1.807) is 0 Å². The Morgan fingerprint density at radius 3 is 1.05 bits per heavy atom. The van der Waals surface area contributed by atoms with Gasteiger partial charge in [0.2, 0.25) is 0 Å². The van der Waals surface area contributed by atoms with Gasteiger partial charge in [-0.2, -0.15) is 0 Å². The number of cyclic esters (lactones) is 2. The van der Waals surface area contributed by atoms with E-state index in [4.69, 9.17) is 37.9 Å². The van der Waals surface area contributed by atoms with Crippen molar-refractivity contribution in [1.29, 1.82) is 0 Å². The highest BCUT2D eigenvalue weighted by atomic mass is 16.8. The Morgan fingerprint density at radius 1 is 0.448 bits per heavy atom. The van der Waals surface area contributed by atoms with E-state index in [9.17, 15) is 102 Å². The Kier molecular flexibility index (Phi) is 14.1. The van der Waals surface area contributed by atoms with Crippen molar-refractivity contribution in [1.82, 2.24) is 0 Å². The third-order valence-electron chi connectivity index (χ3n) is 11.2. The molecule has 22 atom stereocenters. The number of carbonyl (C=O) groups is 2. The number of hydrogen-bond acceptors (Lipinski definition) is 28. The first-order valence-corrected chi connectivity index (χ1v) is 17.5. The molecule has 0 aromatic rings. The van der Waals surface area contributed by atoms with Gasteiger partial charge in [-0.25, -0.2) is 9.59 Å². The summed E-state index contributed by atoms with van der Waals surface area (Å²) < 4.78 is 42.4. The summed E-state index contributed by atoms with van der Waals surface area (Å²) in [7, 11) is 0. The number of aliphatic hydroxyl groups is 18. The van der Waals surface area contributed by atoms with E-state index < -0.39 is 185 Å². The highest BCUT2D eigenvalue weighted by Gasteiger charge is 2.79. The van der Waals surface area contributed by atoms with Gasteiger partial charge >= 0.3 is 11.9 Å². The molecule has 0 bridgehead atoms. The second-order valence-corrected chi connectivity index (χ2v) is 14.3. The van der Waals surface area contributed by atoms with Crippen molar-refractivity contribution < 1.29 is 139 Å². The van der Waals surface area contributed by atoms with Crippen molar-refractivity contribution in [2.75, 3.05) is 39.6 Å². The SMILES string of the molecule is O=C1OC(CO)([C@]2(CO)O[C@H](O[C@H]3[C@H](O)[C@@H](O)[C@H](O)O[C@@H]3CO)[C@H](O)[C@@H](O)[C@H]2O)C(=O)OC1(CO)[C@]1(CO)O[C@H](O[C@H]2[C@H](O)[C@@H](O)[C@H](O)O[C@@H]2CO)[C@H](O)[C@@H](O)[C@H]1O. The molecule has 58 heavy (non-hydrogen) atoms. The third-order valence-corrected chi connectivity index (χ3v) is 11.2. The van der Waals surface area contributed by atoms with E-state index in [1.165, 1.54) is 0 Å². The quantitative estimate of drug-likeness (QED) is 0.0810. The van der Waals surface area contributed by atoms with Crippen LogP contribution < -0.4 is 0 Å². The molecule has 28 heteroatoms. The fraction of sp³-hybridized carbons (Fsp3) is 0.933. The fourth-order valence-corrected chi connectivity index (χ4v) is 7.67. The molecule has 5 fully saturated rings. The van der Waals surface area contributed by atoms with Crippen LogP contribution in [0.4, 0.5) is 0 Å². The van der Waals surface area contributed by atoms with Gasteiger partial charge in [-0.15, -0.1) is 0 Å². The van der Waals surface area contributed by atoms with Crippen molar-refractivity contribution in [2.24, 2.45) is 0 Å². The van der Waals surface area contributed by atoms with Gasteiger partial charge in [0.1, 0.15) is 85.5 Å². The molecule has 5 aliphatic rings. The second-order valence-electron chi connectivity index (χ2n) is 14.3. The molecule has 28 nitrogen and oxygen atoms in total. The number of aliphatic hydroxyl groups excluding tert-OH is 18. The van der Waals surface area contributed by atoms with Crippen LogP contribution in [-0.4, -0.2) is 277 Å². The molecule has 0 aliphatic carbocycles. The summed E-state index contributed by atoms with van der Waals surface area (Å²) in [4.78, 5) is 28.5. The minimum absolute atomic E-state index is 1.04. The average molecular weight is 857 g/mol. The van der Waals surface area contributed by atoms with E-state index in [-0.39, 0.29) is 0 Å². The molecular formula is C30H48O28. The van der Waals surface area contributed by atoms with Crippen LogP contribution in [0.15, 0.2) is 0 Å². The van der Waals surface area contributed by atoms with Crippen molar-refractivity contribution in [3.05, 3.63) is 0 Å². The van der Waals surface area contributed by atoms with Crippen LogP contribution in [0.3, 0.4) is 0 Å². The molecule has 336 valence electrons. The lowest BCUT2D eigenvalue weighted by atomic mass is 9.70. The Morgan fingerprint density at radius 2 is 0.776 bits per heavy atom. The van der Waals surface area contributed by atoms with Gasteiger partial charge in [0.25, 0.3) is 11.2 Å². The standard InChI is InChI=1S/C30H48O28/c31-1-7-17(9(37)13(41)21(47)51-7)53-23-15(43)11(39)19(45)27(3-33,55-23)29(5-35)25(49)58-30(6-36,26(50)57-29)28(4-34)20(46)12(40)16(44)24(56-28)54-18-8(2-32)52-22(48)14(42)10(18)38/h7-24,31-48H,1-6H2/t7-,8-,9-,10-,11-,12-,13-,14-,15-,16-,17-,18-,19-,20-,21-,22-,23+,24+,27-,28-,29?,30?/m1/s1. The summed E-state index contributed by atoms with van der Waals surface area (Å²) >= 11 is 0. The Bertz CT molecular complexity index is 1340. The third kappa shape index (κ3) is 6.92. The molecule has 5 rings (SSSR count). The lowest BCUT2D eigenvalue weighted by Gasteiger charge is -2.59. The summed E-state index contributed by atoms with van der Waals surface area (Å²) in [6, 6.07) is 0. The maximum absolute atomic E-state index is 14.2. The molecule has 2 unspecified atom stereocenters. The summed E-state index contributed by atoms with van der Waals surface area (Å²) in [6.45, 7) is -9.43. The molecule has 0 aromatic heterocycles. The molecule has 0 radical (unpaired) electrons. The van der Waals surface area contributed by atoms with Gasteiger partial charge < -0.3 is 130 Å². The van der Waals surface area contributed by atoms with Gasteiger partial charge in [0.05, 0.1) is 39.6 Å². The Balaban J connectivity index is 1.53. The van der Waals surface area contributed by atoms with Crippen LogP contribution in [0.25, 0.3) is 0 Å². The summed E-state index contributed by atoms with van der Waals surface area (Å²) in [5, 5.41) is 189. The van der Waals surface area contributed by atoms with E-state index in [2.05, 4.69) is 0 Å². The minimum atomic E-state index is -3.63. The minimum Gasteiger partial charge on any atom is -0.438 e. The zero-order valence-electron chi connectivity index (χ0n) is 29.8. The number of hydrogen-bond donors (Lipinski definition) is 18. The molecular weight excluding hydrogens is 808 g/mol. The summed E-state index contributed by atoms with van der Waals surface area (Å²) in [6.07, 6.45) is -40.9. The average Bonchev–Trinajstić information content (AvgIpc) is 3.21. The lowest BCUT2D eigenvalue weighted by Crippen LogP contribution is -2.85. The van der Waals surface area contributed by atoms with Gasteiger partial charge in [0.15, 0.2) is 36.4 Å². The van der Waals surface area contributed by atoms with Crippen molar-refractivity contribution in [3.63, 3.8) is 0 Å². The van der Waals surface area contributed by atoms with Crippen molar-refractivity contribution in [3.8, 4) is 0 Å². The zero-order valence-corrected chi connectivity index (χ0v) is 29.8. The van der Waals surface area contributed by atoms with Crippen LogP contribution in [-0.2, 0) is 47.5 Å². The lowest BCUT2D eigenvalue weighted by molar-refractivity contribution is -0.413. The van der Waals surface area contributed by atoms with Crippen molar-refractivity contribution >= 4 is 11.9 Å².